The van der Waals surface area contributed by atoms with Gasteiger partial charge in [0, 0.05) is 19.9 Å². The fourth-order valence-corrected chi connectivity index (χ4v) is 4.62. The molecule has 30 heavy (non-hydrogen) atoms. The molecule has 160 valence electrons. The lowest BCUT2D eigenvalue weighted by atomic mass is 10.3. The Hall–Kier alpha value is -2.69. The Kier molecular flexibility index (Phi) is 6.91. The van der Waals surface area contributed by atoms with Crippen molar-refractivity contribution in [2.24, 2.45) is 4.99 Å². The molecule has 0 N–H and O–H groups in total. The van der Waals surface area contributed by atoms with E-state index in [2.05, 4.69) is 4.99 Å². The van der Waals surface area contributed by atoms with Crippen LogP contribution in [0.25, 0.3) is 10.2 Å². The fraction of sp³-hybridized carbons (Fsp3) is 0.300. The minimum Gasteiger partial charge on any atom is -0.493 e. The Morgan fingerprint density at radius 2 is 1.87 bits per heavy atom. The van der Waals surface area contributed by atoms with Crippen LogP contribution in [0.1, 0.15) is 0 Å². The molecule has 0 unspecified atom stereocenters. The first-order valence-corrected chi connectivity index (χ1v) is 11.7. The lowest BCUT2D eigenvalue weighted by molar-refractivity contribution is -0.120. The van der Waals surface area contributed by atoms with Crippen LogP contribution in [0.4, 0.5) is 0 Å². The van der Waals surface area contributed by atoms with Crippen molar-refractivity contribution in [2.75, 3.05) is 33.7 Å². The smallest absolute Gasteiger partial charge is 0.286 e. The molecule has 3 rings (SSSR count). The number of fused-ring (bicyclic) bond motifs is 1. The summed E-state index contributed by atoms with van der Waals surface area (Å²) >= 11 is 1.24. The molecule has 0 fully saturated rings. The van der Waals surface area contributed by atoms with E-state index in [1.165, 1.54) is 18.4 Å². The van der Waals surface area contributed by atoms with Crippen molar-refractivity contribution in [2.45, 2.75) is 11.4 Å². The zero-order valence-electron chi connectivity index (χ0n) is 16.8. The van der Waals surface area contributed by atoms with E-state index in [1.807, 2.05) is 4.57 Å². The zero-order chi connectivity index (χ0) is 21.7. The van der Waals surface area contributed by atoms with Gasteiger partial charge < -0.3 is 18.8 Å². The molecule has 2 aromatic carbocycles. The highest BCUT2D eigenvalue weighted by Crippen LogP contribution is 2.25. The maximum Gasteiger partial charge on any atom is 0.286 e. The van der Waals surface area contributed by atoms with Crippen LogP contribution in [0.5, 0.6) is 11.5 Å². The van der Waals surface area contributed by atoms with Gasteiger partial charge in [-0.1, -0.05) is 23.5 Å². The molecule has 0 aliphatic heterocycles. The van der Waals surface area contributed by atoms with Crippen molar-refractivity contribution in [3.05, 3.63) is 47.3 Å². The van der Waals surface area contributed by atoms with Crippen molar-refractivity contribution in [3.63, 3.8) is 0 Å². The Balaban J connectivity index is 1.93. The predicted molar refractivity (Wildman–Crippen MR) is 114 cm³/mol. The van der Waals surface area contributed by atoms with E-state index >= 15 is 0 Å². The molecule has 1 aromatic heterocycles. The van der Waals surface area contributed by atoms with Crippen LogP contribution in [-0.4, -0.2) is 52.6 Å². The van der Waals surface area contributed by atoms with Gasteiger partial charge >= 0.3 is 0 Å². The standard InChI is InChI=1S/C20H22N2O6S2/c1-26-11-10-22-15-9-8-14(30(3,24)25)12-18(15)29-20(22)21-19(23)13-28-17-7-5-4-6-16(17)27-2/h4-9,12H,10-11,13H2,1-3H3. The number of ether oxygens (including phenoxy) is 3. The van der Waals surface area contributed by atoms with E-state index in [4.69, 9.17) is 14.2 Å². The van der Waals surface area contributed by atoms with Gasteiger partial charge in [-0.3, -0.25) is 4.79 Å². The number of nitrogens with zero attached hydrogens (tertiary/aromatic N) is 2. The molecule has 8 nitrogen and oxygen atoms in total. The highest BCUT2D eigenvalue weighted by atomic mass is 32.2. The summed E-state index contributed by atoms with van der Waals surface area (Å²) in [5.74, 6) is 0.502. The first-order valence-electron chi connectivity index (χ1n) is 8.99. The van der Waals surface area contributed by atoms with E-state index in [9.17, 15) is 13.2 Å². The van der Waals surface area contributed by atoms with Crippen LogP contribution in [0.2, 0.25) is 0 Å². The maximum atomic E-state index is 12.4. The van der Waals surface area contributed by atoms with Gasteiger partial charge in [0.15, 0.2) is 32.7 Å². The van der Waals surface area contributed by atoms with Crippen LogP contribution in [-0.2, 0) is 25.9 Å². The second-order valence-corrected chi connectivity index (χ2v) is 9.40. The Morgan fingerprint density at radius 3 is 2.53 bits per heavy atom. The molecular weight excluding hydrogens is 428 g/mol. The number of hydrogen-bond donors (Lipinski definition) is 0. The van der Waals surface area contributed by atoms with Crippen LogP contribution >= 0.6 is 11.3 Å². The zero-order valence-corrected chi connectivity index (χ0v) is 18.5. The summed E-state index contributed by atoms with van der Waals surface area (Å²) in [6.07, 6.45) is 1.16. The molecule has 0 aliphatic carbocycles. The number of amides is 1. The number of aromatic nitrogens is 1. The molecule has 0 bridgehead atoms. The van der Waals surface area contributed by atoms with Crippen molar-refractivity contribution in [1.29, 1.82) is 0 Å². The summed E-state index contributed by atoms with van der Waals surface area (Å²) < 4.78 is 42.2. The van der Waals surface area contributed by atoms with E-state index in [0.29, 0.717) is 34.2 Å². The Morgan fingerprint density at radius 1 is 1.13 bits per heavy atom. The van der Waals surface area contributed by atoms with E-state index < -0.39 is 15.7 Å². The van der Waals surface area contributed by atoms with Gasteiger partial charge in [-0.05, 0) is 30.3 Å². The minimum atomic E-state index is -3.34. The van der Waals surface area contributed by atoms with Gasteiger partial charge in [0.25, 0.3) is 5.91 Å². The third kappa shape index (κ3) is 5.07. The Labute approximate surface area is 178 Å². The maximum absolute atomic E-state index is 12.4. The summed E-state index contributed by atoms with van der Waals surface area (Å²) in [5.41, 5.74) is 0.779. The average molecular weight is 451 g/mol. The quantitative estimate of drug-likeness (QED) is 0.522. The van der Waals surface area contributed by atoms with Gasteiger partial charge in [0.2, 0.25) is 0 Å². The molecule has 0 saturated heterocycles. The van der Waals surface area contributed by atoms with Crippen LogP contribution in [0.15, 0.2) is 52.4 Å². The van der Waals surface area contributed by atoms with Crippen LogP contribution in [0.3, 0.4) is 0 Å². The first-order chi connectivity index (χ1) is 14.3. The largest absolute Gasteiger partial charge is 0.493 e. The number of para-hydroxylation sites is 2. The molecule has 1 amide bonds. The molecule has 1 heterocycles. The van der Waals surface area contributed by atoms with Crippen molar-refractivity contribution >= 4 is 37.3 Å². The Bertz CT molecular complexity index is 1230. The summed E-state index contributed by atoms with van der Waals surface area (Å²) in [4.78, 5) is 17.3. The predicted octanol–water partition coefficient (Wildman–Crippen LogP) is 2.27. The van der Waals surface area contributed by atoms with E-state index in [0.717, 1.165) is 11.8 Å². The monoisotopic (exact) mass is 450 g/mol. The van der Waals surface area contributed by atoms with Gasteiger partial charge in [-0.15, -0.1) is 0 Å². The van der Waals surface area contributed by atoms with Crippen molar-refractivity contribution < 1.29 is 27.4 Å². The molecule has 10 heteroatoms. The lowest BCUT2D eigenvalue weighted by Gasteiger charge is -2.08. The van der Waals surface area contributed by atoms with Crippen molar-refractivity contribution in [1.82, 2.24) is 4.57 Å². The second kappa shape index (κ2) is 9.41. The van der Waals surface area contributed by atoms with Gasteiger partial charge in [-0.25, -0.2) is 8.42 Å². The molecule has 0 atom stereocenters. The van der Waals surface area contributed by atoms with Gasteiger partial charge in [0.05, 0.1) is 28.8 Å². The highest BCUT2D eigenvalue weighted by molar-refractivity contribution is 7.90. The summed E-state index contributed by atoms with van der Waals surface area (Å²) in [6.45, 7) is 0.625. The molecular formula is C20H22N2O6S2. The third-order valence-electron chi connectivity index (χ3n) is 4.24. The fourth-order valence-electron chi connectivity index (χ4n) is 2.78. The minimum absolute atomic E-state index is 0.215. The average Bonchev–Trinajstić information content (AvgIpc) is 3.06. The SMILES string of the molecule is COCCn1c(=NC(=O)COc2ccccc2OC)sc2cc(S(C)(=O)=O)ccc21. The number of carbonyl (C=O) groups excluding carboxylic acids is 1. The van der Waals surface area contributed by atoms with E-state index in [1.54, 1.807) is 49.6 Å². The summed E-state index contributed by atoms with van der Waals surface area (Å²) in [6, 6.07) is 11.9. The summed E-state index contributed by atoms with van der Waals surface area (Å²) in [7, 11) is -0.234. The first kappa shape index (κ1) is 22.0. The van der Waals surface area contributed by atoms with Crippen molar-refractivity contribution in [3.8, 4) is 11.5 Å². The van der Waals surface area contributed by atoms with Gasteiger partial charge in [0.1, 0.15) is 0 Å². The molecule has 0 saturated carbocycles. The number of rotatable bonds is 8. The number of benzene rings is 2. The summed E-state index contributed by atoms with van der Waals surface area (Å²) in [5, 5.41) is 0. The van der Waals surface area contributed by atoms with Crippen LogP contribution in [0, 0.1) is 0 Å². The number of hydrogen-bond acceptors (Lipinski definition) is 7. The van der Waals surface area contributed by atoms with Crippen LogP contribution < -0.4 is 14.3 Å². The molecule has 0 spiro atoms. The molecule has 0 radical (unpaired) electrons. The number of carbonyl (C=O) groups is 1. The highest BCUT2D eigenvalue weighted by Gasteiger charge is 2.13. The molecule has 0 aliphatic rings. The lowest BCUT2D eigenvalue weighted by Crippen LogP contribution is -2.21. The number of thiazole rings is 1. The second-order valence-electron chi connectivity index (χ2n) is 6.38. The normalized spacial score (nSPS) is 12.3. The molecule has 3 aromatic rings. The number of sulfone groups is 1. The van der Waals surface area contributed by atoms with E-state index in [-0.39, 0.29) is 11.5 Å². The number of methoxy groups -OCH3 is 2. The van der Waals surface area contributed by atoms with Gasteiger partial charge in [-0.2, -0.15) is 4.99 Å². The third-order valence-corrected chi connectivity index (χ3v) is 6.39. The topological polar surface area (TPSA) is 96.2 Å².